The van der Waals surface area contributed by atoms with E-state index < -0.39 is 11.9 Å². The zero-order valence-corrected chi connectivity index (χ0v) is 15.9. The molecule has 4 rings (SSSR count). The Kier molecular flexibility index (Phi) is 5.31. The highest BCUT2D eigenvalue weighted by atomic mass is 35.5. The Bertz CT molecular complexity index is 1160. The lowest BCUT2D eigenvalue weighted by Crippen LogP contribution is -2.28. The molecule has 0 radical (unpaired) electrons. The molecule has 0 bridgehead atoms. The van der Waals surface area contributed by atoms with Crippen LogP contribution in [0.1, 0.15) is 16.1 Å². The molecule has 0 spiro atoms. The number of nitrogens with one attached hydrogen (secondary N) is 2. The summed E-state index contributed by atoms with van der Waals surface area (Å²) in [5.74, 6) is 0.246. The van der Waals surface area contributed by atoms with Crippen molar-refractivity contribution < 1.29 is 18.7 Å². The second-order valence-electron chi connectivity index (χ2n) is 6.30. The number of nitrogens with zero attached hydrogens (tertiary/aromatic N) is 1. The number of amides is 1. The van der Waals surface area contributed by atoms with E-state index in [1.807, 2.05) is 18.2 Å². The Morgan fingerprint density at radius 1 is 1.10 bits per heavy atom. The Hall–Kier alpha value is -3.58. The highest BCUT2D eigenvalue weighted by Gasteiger charge is 2.12. The highest BCUT2D eigenvalue weighted by Crippen LogP contribution is 2.23. The third kappa shape index (κ3) is 4.47. The van der Waals surface area contributed by atoms with Gasteiger partial charge in [-0.15, -0.1) is 0 Å². The number of aromatic nitrogens is 2. The quantitative estimate of drug-likeness (QED) is 0.470. The molecule has 0 fully saturated rings. The number of halogens is 1. The van der Waals surface area contributed by atoms with Crippen molar-refractivity contribution in [2.24, 2.45) is 0 Å². The number of carbonyl (C=O) groups excluding carboxylic acids is 2. The van der Waals surface area contributed by atoms with E-state index in [1.54, 1.807) is 42.6 Å². The summed E-state index contributed by atoms with van der Waals surface area (Å²) in [6.07, 6.45) is 1.66. The summed E-state index contributed by atoms with van der Waals surface area (Å²) in [7, 11) is 0. The Labute approximate surface area is 170 Å². The van der Waals surface area contributed by atoms with Crippen molar-refractivity contribution in [3.63, 3.8) is 0 Å². The predicted molar refractivity (Wildman–Crippen MR) is 107 cm³/mol. The molecule has 2 aromatic heterocycles. The molecule has 146 valence electrons. The van der Waals surface area contributed by atoms with E-state index in [-0.39, 0.29) is 13.2 Å². The van der Waals surface area contributed by atoms with Gasteiger partial charge in [-0.25, -0.2) is 4.79 Å². The Morgan fingerprint density at radius 3 is 2.76 bits per heavy atom. The zero-order valence-electron chi connectivity index (χ0n) is 15.1. The van der Waals surface area contributed by atoms with Crippen LogP contribution in [-0.4, -0.2) is 28.7 Å². The lowest BCUT2D eigenvalue weighted by Gasteiger charge is -2.06. The monoisotopic (exact) mass is 409 g/mol. The topological polar surface area (TPSA) is 97.2 Å². The molecule has 2 aromatic carbocycles. The van der Waals surface area contributed by atoms with Gasteiger partial charge in [-0.05, 0) is 48.5 Å². The molecule has 1 amide bonds. The first-order valence-electron chi connectivity index (χ1n) is 8.80. The molecule has 0 aliphatic rings. The number of rotatable bonds is 6. The molecule has 0 unspecified atom stereocenters. The van der Waals surface area contributed by atoms with E-state index >= 15 is 0 Å². The van der Waals surface area contributed by atoms with Crippen LogP contribution in [0.2, 0.25) is 5.02 Å². The number of hydrogen-bond acceptors (Lipinski definition) is 5. The van der Waals surface area contributed by atoms with Crippen molar-refractivity contribution in [2.45, 2.75) is 6.54 Å². The lowest BCUT2D eigenvalue weighted by molar-refractivity contribution is -0.124. The summed E-state index contributed by atoms with van der Waals surface area (Å²) in [6, 6.07) is 15.9. The molecule has 29 heavy (non-hydrogen) atoms. The van der Waals surface area contributed by atoms with Crippen LogP contribution in [0, 0.1) is 0 Å². The van der Waals surface area contributed by atoms with Gasteiger partial charge in [0.05, 0.1) is 23.8 Å². The van der Waals surface area contributed by atoms with Gasteiger partial charge < -0.3 is 14.5 Å². The molecule has 2 N–H and O–H groups in total. The van der Waals surface area contributed by atoms with Crippen LogP contribution in [0.4, 0.5) is 0 Å². The Balaban J connectivity index is 1.27. The predicted octanol–water partition coefficient (Wildman–Crippen LogP) is 3.95. The highest BCUT2D eigenvalue weighted by molar-refractivity contribution is 6.30. The van der Waals surface area contributed by atoms with Gasteiger partial charge in [0.15, 0.2) is 6.61 Å². The minimum absolute atomic E-state index is 0.185. The second kappa shape index (κ2) is 8.20. The number of hydrogen-bond donors (Lipinski definition) is 2. The fraction of sp³-hybridized carbons (Fsp3) is 0.0952. The minimum atomic E-state index is -0.584. The van der Waals surface area contributed by atoms with E-state index in [4.69, 9.17) is 20.8 Å². The SMILES string of the molecule is O=C(COC(=O)c1ccc2cn[nH]c2c1)NCc1ccc(-c2ccc(Cl)cc2)o1. The number of benzene rings is 2. The summed E-state index contributed by atoms with van der Waals surface area (Å²) in [5.41, 5.74) is 1.95. The molecule has 4 aromatic rings. The first-order valence-corrected chi connectivity index (χ1v) is 9.18. The van der Waals surface area contributed by atoms with Gasteiger partial charge in [-0.1, -0.05) is 17.7 Å². The number of H-pyrrole nitrogens is 1. The number of furan rings is 1. The Morgan fingerprint density at radius 2 is 1.93 bits per heavy atom. The number of fused-ring (bicyclic) bond motifs is 1. The summed E-state index contributed by atoms with van der Waals surface area (Å²) < 4.78 is 10.8. The van der Waals surface area contributed by atoms with Gasteiger partial charge in [-0.3, -0.25) is 9.89 Å². The van der Waals surface area contributed by atoms with E-state index in [9.17, 15) is 9.59 Å². The number of ether oxygens (including phenoxy) is 1. The van der Waals surface area contributed by atoms with Gasteiger partial charge in [-0.2, -0.15) is 5.10 Å². The van der Waals surface area contributed by atoms with Crippen molar-refractivity contribution in [1.29, 1.82) is 0 Å². The summed E-state index contributed by atoms with van der Waals surface area (Å²) in [5, 5.41) is 10.9. The van der Waals surface area contributed by atoms with Crippen molar-refractivity contribution in [2.75, 3.05) is 6.61 Å². The molecule has 0 aliphatic carbocycles. The zero-order chi connectivity index (χ0) is 20.2. The van der Waals surface area contributed by atoms with Crippen molar-refractivity contribution in [3.8, 4) is 11.3 Å². The molecule has 0 saturated carbocycles. The lowest BCUT2D eigenvalue weighted by atomic mass is 10.2. The first-order chi connectivity index (χ1) is 14.1. The van der Waals surface area contributed by atoms with Crippen LogP contribution >= 0.6 is 11.6 Å². The molecule has 0 saturated heterocycles. The van der Waals surface area contributed by atoms with Crippen molar-refractivity contribution in [3.05, 3.63) is 77.1 Å². The summed E-state index contributed by atoms with van der Waals surface area (Å²) in [6.45, 7) is -0.200. The maximum absolute atomic E-state index is 12.1. The molecule has 7 nitrogen and oxygen atoms in total. The van der Waals surface area contributed by atoms with E-state index in [2.05, 4.69) is 15.5 Å². The molecular weight excluding hydrogens is 394 g/mol. The van der Waals surface area contributed by atoms with Gasteiger partial charge in [0, 0.05) is 16.0 Å². The molecule has 8 heteroatoms. The number of aromatic amines is 1. The third-order valence-electron chi connectivity index (χ3n) is 4.26. The maximum Gasteiger partial charge on any atom is 0.338 e. The summed E-state index contributed by atoms with van der Waals surface area (Å²) in [4.78, 5) is 24.1. The van der Waals surface area contributed by atoms with E-state index in [0.717, 1.165) is 16.5 Å². The van der Waals surface area contributed by atoms with Crippen LogP contribution in [-0.2, 0) is 16.1 Å². The smallest absolute Gasteiger partial charge is 0.338 e. The van der Waals surface area contributed by atoms with Crippen molar-refractivity contribution in [1.82, 2.24) is 15.5 Å². The second-order valence-corrected chi connectivity index (χ2v) is 6.73. The van der Waals surface area contributed by atoms with Crippen LogP contribution < -0.4 is 5.32 Å². The average Bonchev–Trinajstić information content (AvgIpc) is 3.40. The molecule has 0 aliphatic heterocycles. The van der Waals surface area contributed by atoms with Crippen LogP contribution in [0.3, 0.4) is 0 Å². The fourth-order valence-electron chi connectivity index (χ4n) is 2.76. The van der Waals surface area contributed by atoms with Gasteiger partial charge in [0.2, 0.25) is 0 Å². The normalized spacial score (nSPS) is 10.8. The van der Waals surface area contributed by atoms with Gasteiger partial charge in [0.1, 0.15) is 11.5 Å². The molecular formula is C21H16ClN3O4. The number of esters is 1. The molecule has 2 heterocycles. The van der Waals surface area contributed by atoms with Crippen LogP contribution in [0.5, 0.6) is 0 Å². The minimum Gasteiger partial charge on any atom is -0.459 e. The van der Waals surface area contributed by atoms with E-state index in [0.29, 0.717) is 22.1 Å². The molecule has 0 atom stereocenters. The average molecular weight is 410 g/mol. The summed E-state index contributed by atoms with van der Waals surface area (Å²) >= 11 is 5.88. The largest absolute Gasteiger partial charge is 0.459 e. The van der Waals surface area contributed by atoms with Crippen LogP contribution in [0.25, 0.3) is 22.2 Å². The third-order valence-corrected chi connectivity index (χ3v) is 4.51. The van der Waals surface area contributed by atoms with Crippen LogP contribution in [0.15, 0.2) is 65.2 Å². The van der Waals surface area contributed by atoms with E-state index in [1.165, 1.54) is 0 Å². The van der Waals surface area contributed by atoms with Gasteiger partial charge >= 0.3 is 5.97 Å². The first kappa shape index (κ1) is 18.8. The van der Waals surface area contributed by atoms with Crippen molar-refractivity contribution >= 4 is 34.4 Å². The standard InChI is InChI=1S/C21H16ClN3O4/c22-16-5-3-13(4-6-16)19-8-7-17(29-19)11-23-20(26)12-28-21(27)14-1-2-15-10-24-25-18(15)9-14/h1-10H,11-12H2,(H,23,26)(H,24,25). The van der Waals surface area contributed by atoms with Gasteiger partial charge in [0.25, 0.3) is 5.91 Å². The number of carbonyl (C=O) groups is 2. The fourth-order valence-corrected chi connectivity index (χ4v) is 2.88. The maximum atomic E-state index is 12.1.